The van der Waals surface area contributed by atoms with Crippen molar-refractivity contribution in [3.63, 3.8) is 0 Å². The topological polar surface area (TPSA) is 257 Å². The lowest BCUT2D eigenvalue weighted by molar-refractivity contribution is -0.328. The number of allylic oxidation sites excluding steroid dienone is 1. The number of likely N-dealkylation sites (N-methyl/N-ethyl adjacent to an activating group) is 2. The first-order valence-electron chi connectivity index (χ1n) is 22.0. The van der Waals surface area contributed by atoms with Crippen LogP contribution in [0, 0.1) is 23.7 Å². The fourth-order valence-corrected chi connectivity index (χ4v) is 8.34. The third-order valence-electron chi connectivity index (χ3n) is 12.4. The number of amides is 6. The summed E-state index contributed by atoms with van der Waals surface area (Å²) in [6.45, 7) is 12.3. The second-order valence-electron chi connectivity index (χ2n) is 18.3. The number of hydrogen-bond acceptors (Lipinski definition) is 14. The predicted octanol–water partition coefficient (Wildman–Crippen LogP) is 0.477. The van der Waals surface area contributed by atoms with Gasteiger partial charge in [-0.15, -0.1) is 0 Å². The first kappa shape index (κ1) is 53.1. The molecule has 0 aromatic heterocycles. The van der Waals surface area contributed by atoms with E-state index in [4.69, 9.17) is 14.2 Å². The first-order chi connectivity index (χ1) is 29.4. The van der Waals surface area contributed by atoms with Gasteiger partial charge in [-0.2, -0.15) is 0 Å². The monoisotopic (exact) mass is 896 g/mol. The Bertz CT molecular complexity index is 1680. The van der Waals surface area contributed by atoms with Crippen molar-refractivity contribution in [1.29, 1.82) is 0 Å². The van der Waals surface area contributed by atoms with Gasteiger partial charge < -0.3 is 44.9 Å². The number of aliphatic hydroxyl groups is 2. The number of fused-ring (bicyclic) bond motifs is 1. The maximum absolute atomic E-state index is 14.8. The molecule has 20 nitrogen and oxygen atoms in total. The summed E-state index contributed by atoms with van der Waals surface area (Å²) in [7, 11) is 4.03. The summed E-state index contributed by atoms with van der Waals surface area (Å²) >= 11 is 0. The molecular formula is C43H73N7O13. The summed E-state index contributed by atoms with van der Waals surface area (Å²) in [5.41, 5.74) is 0.787. The Morgan fingerprint density at radius 1 is 0.984 bits per heavy atom. The van der Waals surface area contributed by atoms with Gasteiger partial charge in [0, 0.05) is 34.2 Å². The van der Waals surface area contributed by atoms with E-state index in [0.29, 0.717) is 18.3 Å². The van der Waals surface area contributed by atoms with Gasteiger partial charge >= 0.3 is 5.97 Å². The van der Waals surface area contributed by atoms with E-state index in [1.807, 2.05) is 13.0 Å². The predicted molar refractivity (Wildman–Crippen MR) is 228 cm³/mol. The third-order valence-corrected chi connectivity index (χ3v) is 12.4. The van der Waals surface area contributed by atoms with E-state index in [-0.39, 0.29) is 36.8 Å². The van der Waals surface area contributed by atoms with Crippen LogP contribution in [0.25, 0.3) is 0 Å². The number of nitrogens with one attached hydrogen (secondary N) is 3. The zero-order valence-electron chi connectivity index (χ0n) is 39.0. The standard InChI is InChI=1S/C43H73N7O13/c1-12-26(4)18-27(5)19-28(6)20-29(7)38-31(61-11)15-16-43(59,63-38)42(8,58)41(57)46-36-37(25(2)3)62-35(54)24-48(10)33(52)21-44-32(51)22-47(9)34(53)23-49(60)39(55)30-14-13-17-45-50(30)40(36)56/h20,25-28,30-31,36-38,45,58-60H,12-19,21-24H2,1-11H3,(H,44,51)(H,46,57). The largest absolute Gasteiger partial charge is 0.458 e. The molecule has 3 fully saturated rings. The van der Waals surface area contributed by atoms with Gasteiger partial charge in [0.25, 0.3) is 17.7 Å². The minimum Gasteiger partial charge on any atom is -0.458 e. The number of nitrogens with zero attached hydrogens (tertiary/aromatic N) is 4. The van der Waals surface area contributed by atoms with Gasteiger partial charge in [0.05, 0.1) is 19.2 Å². The van der Waals surface area contributed by atoms with Gasteiger partial charge in [0.15, 0.2) is 5.60 Å². The molecule has 6 N–H and O–H groups in total. The highest BCUT2D eigenvalue weighted by atomic mass is 16.7. The Morgan fingerprint density at radius 2 is 1.63 bits per heavy atom. The number of carbonyl (C=O) groups is 7. The maximum Gasteiger partial charge on any atom is 0.325 e. The molecule has 3 heterocycles. The molecule has 6 amide bonds. The number of esters is 1. The number of methoxy groups -OCH3 is 1. The fraction of sp³-hybridized carbons (Fsp3) is 0.791. The summed E-state index contributed by atoms with van der Waals surface area (Å²) in [6, 6.07) is -3.30. The van der Waals surface area contributed by atoms with Crippen LogP contribution in [-0.2, 0) is 47.8 Å². The maximum atomic E-state index is 14.8. The number of hydroxylamine groups is 2. The van der Waals surface area contributed by atoms with Crippen LogP contribution in [0.5, 0.6) is 0 Å². The summed E-state index contributed by atoms with van der Waals surface area (Å²) < 4.78 is 17.8. The number of ether oxygens (including phenoxy) is 3. The van der Waals surface area contributed by atoms with E-state index in [1.54, 1.807) is 13.8 Å². The van der Waals surface area contributed by atoms with Crippen molar-refractivity contribution in [3.8, 4) is 0 Å². The van der Waals surface area contributed by atoms with Gasteiger partial charge in [-0.25, -0.2) is 10.5 Å². The van der Waals surface area contributed by atoms with Crippen LogP contribution >= 0.6 is 0 Å². The van der Waals surface area contributed by atoms with Crippen molar-refractivity contribution in [3.05, 3.63) is 11.6 Å². The molecule has 0 radical (unpaired) electrons. The highest BCUT2D eigenvalue weighted by molar-refractivity contribution is 5.96. The van der Waals surface area contributed by atoms with E-state index >= 15 is 0 Å². The lowest BCUT2D eigenvalue weighted by Gasteiger charge is -2.48. The highest BCUT2D eigenvalue weighted by Gasteiger charge is 2.58. The van der Waals surface area contributed by atoms with Crippen LogP contribution in [0.15, 0.2) is 11.6 Å². The van der Waals surface area contributed by atoms with E-state index in [0.717, 1.165) is 46.6 Å². The molecule has 0 aromatic rings. The summed E-state index contributed by atoms with van der Waals surface area (Å²) in [4.78, 5) is 96.7. The molecule has 0 aromatic carbocycles. The van der Waals surface area contributed by atoms with Crippen LogP contribution in [0.3, 0.4) is 0 Å². The number of cyclic esters (lactones) is 1. The van der Waals surface area contributed by atoms with Crippen molar-refractivity contribution < 1.29 is 63.2 Å². The summed E-state index contributed by atoms with van der Waals surface area (Å²) in [5, 5.41) is 40.9. The van der Waals surface area contributed by atoms with Crippen LogP contribution in [0.1, 0.15) is 100 Å². The quantitative estimate of drug-likeness (QED) is 0.0886. The Morgan fingerprint density at radius 3 is 2.25 bits per heavy atom. The second kappa shape index (κ2) is 23.1. The van der Waals surface area contributed by atoms with Crippen LogP contribution in [-0.4, -0.2) is 172 Å². The van der Waals surface area contributed by atoms with E-state index in [1.165, 1.54) is 21.2 Å². The molecule has 3 aliphatic rings. The van der Waals surface area contributed by atoms with Crippen LogP contribution < -0.4 is 16.1 Å². The summed E-state index contributed by atoms with van der Waals surface area (Å²) in [6.07, 6.45) is 2.43. The molecule has 358 valence electrons. The Labute approximate surface area is 371 Å². The minimum absolute atomic E-state index is 0.00357. The smallest absolute Gasteiger partial charge is 0.325 e. The molecule has 0 spiro atoms. The minimum atomic E-state index is -2.76. The first-order valence-corrected chi connectivity index (χ1v) is 22.0. The van der Waals surface area contributed by atoms with Gasteiger partial charge in [-0.3, -0.25) is 43.8 Å². The Hall–Kier alpha value is -4.21. The molecule has 20 heteroatoms. The second-order valence-corrected chi connectivity index (χ2v) is 18.3. The Balaban J connectivity index is 2.04. The third kappa shape index (κ3) is 13.9. The molecule has 3 aliphatic heterocycles. The lowest BCUT2D eigenvalue weighted by atomic mass is 9.83. The lowest BCUT2D eigenvalue weighted by Crippen LogP contribution is -2.70. The van der Waals surface area contributed by atoms with Crippen LogP contribution in [0.2, 0.25) is 0 Å². The molecule has 0 bridgehead atoms. The molecular weight excluding hydrogens is 823 g/mol. The number of hydrazine groups is 1. The van der Waals surface area contributed by atoms with Crippen LogP contribution in [0.4, 0.5) is 0 Å². The normalized spacial score (nSPS) is 29.4. The van der Waals surface area contributed by atoms with Crippen molar-refractivity contribution in [1.82, 2.24) is 35.9 Å². The molecule has 0 aliphatic carbocycles. The van der Waals surface area contributed by atoms with E-state index < -0.39 is 115 Å². The van der Waals surface area contributed by atoms with E-state index in [9.17, 15) is 49.0 Å². The zero-order valence-corrected chi connectivity index (χ0v) is 39.0. The molecule has 3 saturated heterocycles. The number of carbonyl (C=O) groups excluding carboxylic acids is 7. The zero-order chi connectivity index (χ0) is 47.6. The number of hydrogen-bond donors (Lipinski definition) is 6. The molecule has 10 atom stereocenters. The molecule has 63 heavy (non-hydrogen) atoms. The SMILES string of the molecule is CCC(C)CC(C)CC(C)C=C(C)C1OC(O)(C(C)(O)C(=O)NC2C(=O)N3NCCCC3C(=O)N(O)CC(=O)N(C)CC(=O)NCC(=O)N(C)CC(=O)OC2C(C)C)CCC1OC. The van der Waals surface area contributed by atoms with Gasteiger partial charge in [0.2, 0.25) is 23.5 Å². The van der Waals surface area contributed by atoms with Crippen molar-refractivity contribution >= 4 is 41.4 Å². The number of rotatable bonds is 12. The van der Waals surface area contributed by atoms with Crippen molar-refractivity contribution in [2.24, 2.45) is 23.7 Å². The molecule has 3 rings (SSSR count). The van der Waals surface area contributed by atoms with Gasteiger partial charge in [-0.05, 0) is 75.2 Å². The highest BCUT2D eigenvalue weighted by Crippen LogP contribution is 2.39. The van der Waals surface area contributed by atoms with Crippen molar-refractivity contribution in [2.45, 2.75) is 142 Å². The van der Waals surface area contributed by atoms with Gasteiger partial charge in [-0.1, -0.05) is 54.0 Å². The Kier molecular flexibility index (Phi) is 19.5. The molecule has 10 unspecified atom stereocenters. The average molecular weight is 896 g/mol. The molecule has 0 saturated carbocycles. The van der Waals surface area contributed by atoms with Crippen molar-refractivity contribution in [2.75, 3.05) is 53.9 Å². The summed E-state index contributed by atoms with van der Waals surface area (Å²) in [5.74, 6) is -8.78. The van der Waals surface area contributed by atoms with E-state index in [2.05, 4.69) is 43.8 Å². The average Bonchev–Trinajstić information content (AvgIpc) is 3.22. The fourth-order valence-electron chi connectivity index (χ4n) is 8.34. The van der Waals surface area contributed by atoms with Gasteiger partial charge in [0.1, 0.15) is 37.4 Å².